The van der Waals surface area contributed by atoms with Crippen LogP contribution in [0, 0.1) is 19.7 Å². The molecule has 0 aliphatic heterocycles. The maximum Gasteiger partial charge on any atom is 0.355 e. The Hall–Kier alpha value is -2.96. The second-order valence-electron chi connectivity index (χ2n) is 5.73. The van der Waals surface area contributed by atoms with E-state index in [0.717, 1.165) is 6.07 Å². The average Bonchev–Trinajstić information content (AvgIpc) is 2.82. The molecule has 2 aromatic rings. The predicted octanol–water partition coefficient (Wildman–Crippen LogP) is 3.16. The Morgan fingerprint density at radius 3 is 2.48 bits per heavy atom. The van der Waals surface area contributed by atoms with Crippen molar-refractivity contribution < 1.29 is 23.5 Å². The minimum absolute atomic E-state index is 0.133. The number of Topliss-reactive ketones (excluding diaryl/α,β-unsaturated/α-hetero) is 1. The number of carbonyl (C=O) groups is 3. The second kappa shape index (κ2) is 7.29. The van der Waals surface area contributed by atoms with E-state index in [9.17, 15) is 18.8 Å². The van der Waals surface area contributed by atoms with Gasteiger partial charge in [-0.15, -0.1) is 0 Å². The van der Waals surface area contributed by atoms with Crippen molar-refractivity contribution in [2.75, 3.05) is 5.32 Å². The number of rotatable bonds is 5. The van der Waals surface area contributed by atoms with Crippen LogP contribution in [0.2, 0.25) is 0 Å². The van der Waals surface area contributed by atoms with Crippen molar-refractivity contribution >= 4 is 23.3 Å². The molecule has 25 heavy (non-hydrogen) atoms. The number of ether oxygens (including phenoxy) is 1. The quantitative estimate of drug-likeness (QED) is 0.643. The van der Waals surface area contributed by atoms with Crippen molar-refractivity contribution in [3.05, 3.63) is 52.6 Å². The molecule has 1 aromatic carbocycles. The first-order chi connectivity index (χ1) is 11.7. The Balaban J connectivity index is 2.08. The van der Waals surface area contributed by atoms with Crippen LogP contribution in [-0.2, 0) is 9.53 Å². The van der Waals surface area contributed by atoms with E-state index in [4.69, 9.17) is 4.74 Å². The van der Waals surface area contributed by atoms with Gasteiger partial charge in [0.1, 0.15) is 11.5 Å². The first-order valence-corrected chi connectivity index (χ1v) is 7.68. The number of aromatic amines is 1. The number of amides is 1. The first-order valence-electron chi connectivity index (χ1n) is 7.68. The zero-order chi connectivity index (χ0) is 18.7. The van der Waals surface area contributed by atoms with Crippen molar-refractivity contribution in [3.63, 3.8) is 0 Å². The average molecular weight is 346 g/mol. The molecule has 7 heteroatoms. The summed E-state index contributed by atoms with van der Waals surface area (Å²) in [6.45, 7) is 6.13. The van der Waals surface area contributed by atoms with Crippen molar-refractivity contribution in [1.82, 2.24) is 4.98 Å². The first kappa shape index (κ1) is 18.4. The number of H-pyrrole nitrogens is 1. The summed E-state index contributed by atoms with van der Waals surface area (Å²) in [5.74, 6) is -1.99. The fourth-order valence-corrected chi connectivity index (χ4v) is 2.57. The van der Waals surface area contributed by atoms with Gasteiger partial charge in [-0.2, -0.15) is 0 Å². The molecule has 1 amide bonds. The molecule has 0 bridgehead atoms. The maximum atomic E-state index is 13.1. The topological polar surface area (TPSA) is 88.3 Å². The lowest BCUT2D eigenvalue weighted by molar-refractivity contribution is -0.123. The number of aryl methyl sites for hydroxylation is 1. The number of nitrogens with one attached hydrogen (secondary N) is 2. The van der Waals surface area contributed by atoms with E-state index in [-0.39, 0.29) is 17.2 Å². The van der Waals surface area contributed by atoms with E-state index in [1.807, 2.05) is 0 Å². The van der Waals surface area contributed by atoms with Gasteiger partial charge in [0.05, 0.1) is 0 Å². The zero-order valence-corrected chi connectivity index (χ0v) is 14.4. The Bertz CT molecular complexity index is 842. The molecule has 0 spiro atoms. The molecule has 0 aliphatic rings. The Morgan fingerprint density at radius 2 is 1.92 bits per heavy atom. The molecule has 2 N–H and O–H groups in total. The molecular weight excluding hydrogens is 327 g/mol. The highest BCUT2D eigenvalue weighted by Gasteiger charge is 2.24. The van der Waals surface area contributed by atoms with Crippen molar-refractivity contribution in [3.8, 4) is 0 Å². The Labute approximate surface area is 144 Å². The Kier molecular flexibility index (Phi) is 5.36. The van der Waals surface area contributed by atoms with Gasteiger partial charge in [0.2, 0.25) is 0 Å². The van der Waals surface area contributed by atoms with Crippen LogP contribution in [0.25, 0.3) is 0 Å². The van der Waals surface area contributed by atoms with Gasteiger partial charge < -0.3 is 15.0 Å². The minimum Gasteiger partial charge on any atom is -0.448 e. The third-order valence-corrected chi connectivity index (χ3v) is 3.74. The summed E-state index contributed by atoms with van der Waals surface area (Å²) in [6, 6.07) is 5.38. The maximum absolute atomic E-state index is 13.1. The van der Waals surface area contributed by atoms with E-state index in [2.05, 4.69) is 10.3 Å². The van der Waals surface area contributed by atoms with Crippen LogP contribution < -0.4 is 5.32 Å². The van der Waals surface area contributed by atoms with Crippen LogP contribution in [0.1, 0.15) is 46.0 Å². The van der Waals surface area contributed by atoms with Crippen LogP contribution in [-0.4, -0.2) is 28.7 Å². The highest BCUT2D eigenvalue weighted by atomic mass is 19.1. The zero-order valence-electron chi connectivity index (χ0n) is 14.4. The fourth-order valence-electron chi connectivity index (χ4n) is 2.57. The van der Waals surface area contributed by atoms with Crippen LogP contribution in [0.3, 0.4) is 0 Å². The summed E-state index contributed by atoms with van der Waals surface area (Å²) >= 11 is 0. The number of esters is 1. The standard InChI is InChI=1S/C18H19FN2O4/c1-9-15(11(3)22)10(2)20-16(9)18(24)25-12(4)17(23)21-14-7-5-6-13(19)8-14/h5-8,12,20H,1-4H3,(H,21,23)/t12-/m1/s1. The molecule has 0 aliphatic carbocycles. The highest BCUT2D eigenvalue weighted by molar-refractivity contribution is 6.02. The third kappa shape index (κ3) is 4.12. The second-order valence-corrected chi connectivity index (χ2v) is 5.73. The third-order valence-electron chi connectivity index (χ3n) is 3.74. The summed E-state index contributed by atoms with van der Waals surface area (Å²) in [7, 11) is 0. The number of hydrogen-bond donors (Lipinski definition) is 2. The van der Waals surface area contributed by atoms with Crippen molar-refractivity contribution in [1.29, 1.82) is 0 Å². The Morgan fingerprint density at radius 1 is 1.24 bits per heavy atom. The monoisotopic (exact) mass is 346 g/mol. The molecular formula is C18H19FN2O4. The van der Waals surface area contributed by atoms with E-state index >= 15 is 0 Å². The fraction of sp³-hybridized carbons (Fsp3) is 0.278. The summed E-state index contributed by atoms with van der Waals surface area (Å²) in [6.07, 6.45) is -1.10. The highest BCUT2D eigenvalue weighted by Crippen LogP contribution is 2.20. The number of ketones is 1. The molecule has 1 heterocycles. The van der Waals surface area contributed by atoms with Gasteiger partial charge in [0, 0.05) is 16.9 Å². The van der Waals surface area contributed by atoms with Gasteiger partial charge in [-0.25, -0.2) is 9.18 Å². The summed E-state index contributed by atoms with van der Waals surface area (Å²) < 4.78 is 18.3. The van der Waals surface area contributed by atoms with Gasteiger partial charge in [0.25, 0.3) is 5.91 Å². The number of halogens is 1. The summed E-state index contributed by atoms with van der Waals surface area (Å²) in [4.78, 5) is 38.8. The SMILES string of the molecule is CC(=O)c1c(C)[nH]c(C(=O)O[C@H](C)C(=O)Nc2cccc(F)c2)c1C. The normalized spacial score (nSPS) is 11.7. The lowest BCUT2D eigenvalue weighted by Gasteiger charge is -2.13. The van der Waals surface area contributed by atoms with E-state index < -0.39 is 23.8 Å². The van der Waals surface area contributed by atoms with E-state index in [1.54, 1.807) is 13.8 Å². The van der Waals surface area contributed by atoms with Crippen LogP contribution in [0.5, 0.6) is 0 Å². The van der Waals surface area contributed by atoms with Crippen molar-refractivity contribution in [2.45, 2.75) is 33.8 Å². The summed E-state index contributed by atoms with van der Waals surface area (Å²) in [5.41, 5.74) is 1.87. The summed E-state index contributed by atoms with van der Waals surface area (Å²) in [5, 5.41) is 2.47. The molecule has 0 radical (unpaired) electrons. The van der Waals surface area contributed by atoms with Crippen LogP contribution >= 0.6 is 0 Å². The van der Waals surface area contributed by atoms with Gasteiger partial charge >= 0.3 is 5.97 Å². The number of anilines is 1. The molecule has 0 unspecified atom stereocenters. The van der Waals surface area contributed by atoms with Gasteiger partial charge in [-0.3, -0.25) is 9.59 Å². The lowest BCUT2D eigenvalue weighted by Crippen LogP contribution is -2.30. The number of benzene rings is 1. The van der Waals surface area contributed by atoms with E-state index in [0.29, 0.717) is 16.8 Å². The van der Waals surface area contributed by atoms with Gasteiger partial charge in [-0.05, 0) is 51.5 Å². The number of hydrogen-bond acceptors (Lipinski definition) is 4. The van der Waals surface area contributed by atoms with Crippen molar-refractivity contribution in [2.24, 2.45) is 0 Å². The largest absolute Gasteiger partial charge is 0.448 e. The molecule has 132 valence electrons. The molecule has 0 saturated carbocycles. The molecule has 0 fully saturated rings. The van der Waals surface area contributed by atoms with Gasteiger partial charge in [-0.1, -0.05) is 6.07 Å². The van der Waals surface area contributed by atoms with E-state index in [1.165, 1.54) is 32.0 Å². The molecule has 1 atom stereocenters. The number of carbonyl (C=O) groups excluding carboxylic acids is 3. The lowest BCUT2D eigenvalue weighted by atomic mass is 10.1. The smallest absolute Gasteiger partial charge is 0.355 e. The molecule has 2 rings (SSSR count). The van der Waals surface area contributed by atoms with Gasteiger partial charge in [0.15, 0.2) is 11.9 Å². The van der Waals surface area contributed by atoms with Crippen LogP contribution in [0.4, 0.5) is 10.1 Å². The minimum atomic E-state index is -1.10. The molecule has 1 aromatic heterocycles. The number of aromatic nitrogens is 1. The predicted molar refractivity (Wildman–Crippen MR) is 90.2 cm³/mol. The van der Waals surface area contributed by atoms with Crippen LogP contribution in [0.15, 0.2) is 24.3 Å². The molecule has 6 nitrogen and oxygen atoms in total. The molecule has 0 saturated heterocycles.